The Bertz CT molecular complexity index is 2020. The maximum Gasteiger partial charge on any atom is 0.336 e. The number of anilines is 2. The second kappa shape index (κ2) is 12.5. The van der Waals surface area contributed by atoms with E-state index in [1.165, 1.54) is 18.5 Å². The Morgan fingerprint density at radius 3 is 2.12 bits per heavy atom. The standard InChI is InChI=1S/C36H36N8O5/c37-33-31-32(22-6-9-28(10-7-22)49-27-4-2-1-3-5-27)40-44(34(31)39-21-38-33)23-12-14-41(15-13-23)25-17-43(18-25)26-19-42(20-26)24-8-11-29(35(45)46)30(16-24)36(47)48/h1-11,16,21,23,25-26H,12-15,17-20H2,(H,45,46)(H,47,48)(H2,37,38,39). The lowest BCUT2D eigenvalue weighted by molar-refractivity contribution is -0.0160. The van der Waals surface area contributed by atoms with E-state index in [1.807, 2.05) is 59.3 Å². The number of aromatic carboxylic acids is 2. The third-order valence-electron chi connectivity index (χ3n) is 10.1. The topological polar surface area (TPSA) is 163 Å². The number of nitrogens with two attached hydrogens (primary N) is 1. The molecule has 0 amide bonds. The molecule has 8 rings (SSSR count). The fourth-order valence-electron chi connectivity index (χ4n) is 7.26. The van der Waals surface area contributed by atoms with Crippen LogP contribution in [0.2, 0.25) is 0 Å². The van der Waals surface area contributed by atoms with E-state index in [0.717, 1.165) is 91.6 Å². The Labute approximate surface area is 282 Å². The number of fused-ring (bicyclic) bond motifs is 1. The molecule has 4 N–H and O–H groups in total. The molecule has 250 valence electrons. The molecule has 13 nitrogen and oxygen atoms in total. The number of hydrogen-bond donors (Lipinski definition) is 3. The van der Waals surface area contributed by atoms with Crippen LogP contribution in [0.15, 0.2) is 79.1 Å². The van der Waals surface area contributed by atoms with Gasteiger partial charge in [-0.25, -0.2) is 24.2 Å². The Hall–Kier alpha value is -5.53. The molecule has 2 aromatic heterocycles. The van der Waals surface area contributed by atoms with Crippen LogP contribution in [0.4, 0.5) is 11.5 Å². The summed E-state index contributed by atoms with van der Waals surface area (Å²) in [5.74, 6) is -0.542. The van der Waals surface area contributed by atoms with Gasteiger partial charge in [-0.1, -0.05) is 18.2 Å². The Morgan fingerprint density at radius 2 is 1.43 bits per heavy atom. The van der Waals surface area contributed by atoms with E-state index in [-0.39, 0.29) is 17.2 Å². The van der Waals surface area contributed by atoms with E-state index in [0.29, 0.717) is 17.9 Å². The van der Waals surface area contributed by atoms with Crippen LogP contribution in [0.3, 0.4) is 0 Å². The first-order valence-electron chi connectivity index (χ1n) is 16.5. The molecule has 0 spiro atoms. The molecule has 0 bridgehead atoms. The minimum absolute atomic E-state index is 0.181. The quantitative estimate of drug-likeness (QED) is 0.204. The number of ether oxygens (including phenoxy) is 1. The molecular weight excluding hydrogens is 624 g/mol. The Kier molecular flexibility index (Phi) is 7.85. The number of carboxylic acids is 2. The summed E-state index contributed by atoms with van der Waals surface area (Å²) in [7, 11) is 0. The molecule has 0 radical (unpaired) electrons. The van der Waals surface area contributed by atoms with Crippen molar-refractivity contribution in [2.45, 2.75) is 31.0 Å². The highest BCUT2D eigenvalue weighted by molar-refractivity contribution is 6.02. The third-order valence-corrected chi connectivity index (χ3v) is 10.1. The fourth-order valence-corrected chi connectivity index (χ4v) is 7.26. The van der Waals surface area contributed by atoms with Crippen LogP contribution in [-0.2, 0) is 0 Å². The average molecular weight is 661 g/mol. The van der Waals surface area contributed by atoms with Gasteiger partial charge in [0.15, 0.2) is 5.65 Å². The molecule has 3 saturated heterocycles. The van der Waals surface area contributed by atoms with Crippen LogP contribution in [0, 0.1) is 0 Å². The van der Waals surface area contributed by atoms with Gasteiger partial charge in [0, 0.05) is 62.6 Å². The molecule has 0 unspecified atom stereocenters. The summed E-state index contributed by atoms with van der Waals surface area (Å²) in [5, 5.41) is 24.6. The number of para-hydroxylation sites is 1. The van der Waals surface area contributed by atoms with Gasteiger partial charge in [0.2, 0.25) is 0 Å². The lowest BCUT2D eigenvalue weighted by Gasteiger charge is -2.55. The van der Waals surface area contributed by atoms with Crippen molar-refractivity contribution in [3.8, 4) is 22.8 Å². The first kappa shape index (κ1) is 30.8. The molecular formula is C36H36N8O5. The van der Waals surface area contributed by atoms with Crippen molar-refractivity contribution in [3.05, 3.63) is 90.3 Å². The van der Waals surface area contributed by atoms with Gasteiger partial charge in [0.1, 0.15) is 29.3 Å². The summed E-state index contributed by atoms with van der Waals surface area (Å²) in [6.07, 6.45) is 3.41. The van der Waals surface area contributed by atoms with Gasteiger partial charge in [0.05, 0.1) is 22.6 Å². The zero-order valence-electron chi connectivity index (χ0n) is 26.7. The lowest BCUT2D eigenvalue weighted by Crippen LogP contribution is -2.70. The number of aromatic nitrogens is 4. The maximum atomic E-state index is 11.6. The zero-order valence-corrected chi connectivity index (χ0v) is 26.7. The number of nitrogens with zero attached hydrogens (tertiary/aromatic N) is 7. The lowest BCUT2D eigenvalue weighted by atomic mass is 9.95. The van der Waals surface area contributed by atoms with E-state index in [4.69, 9.17) is 15.6 Å². The number of hydrogen-bond acceptors (Lipinski definition) is 10. The monoisotopic (exact) mass is 660 g/mol. The zero-order chi connectivity index (χ0) is 33.6. The van der Waals surface area contributed by atoms with E-state index >= 15 is 0 Å². The highest BCUT2D eigenvalue weighted by Gasteiger charge is 2.42. The van der Waals surface area contributed by atoms with Gasteiger partial charge < -0.3 is 25.6 Å². The summed E-state index contributed by atoms with van der Waals surface area (Å²) in [4.78, 5) is 39.1. The number of benzene rings is 3. The van der Waals surface area contributed by atoms with E-state index < -0.39 is 11.9 Å². The Morgan fingerprint density at radius 1 is 0.755 bits per heavy atom. The van der Waals surface area contributed by atoms with Crippen molar-refractivity contribution >= 4 is 34.5 Å². The largest absolute Gasteiger partial charge is 0.478 e. The van der Waals surface area contributed by atoms with Crippen molar-refractivity contribution in [1.82, 2.24) is 29.5 Å². The number of likely N-dealkylation sites (tertiary alicyclic amines) is 2. The third kappa shape index (κ3) is 5.80. The second-order valence-electron chi connectivity index (χ2n) is 13.0. The predicted octanol–water partition coefficient (Wildman–Crippen LogP) is 4.47. The highest BCUT2D eigenvalue weighted by Crippen LogP contribution is 2.36. The summed E-state index contributed by atoms with van der Waals surface area (Å²) in [6, 6.07) is 23.2. The highest BCUT2D eigenvalue weighted by atomic mass is 16.5. The summed E-state index contributed by atoms with van der Waals surface area (Å²) in [6.45, 7) is 5.53. The number of piperidine rings is 1. The number of nitrogen functional groups attached to an aromatic ring is 1. The van der Waals surface area contributed by atoms with Crippen molar-refractivity contribution in [1.29, 1.82) is 0 Å². The SMILES string of the molecule is Nc1ncnc2c1c(-c1ccc(Oc3ccccc3)cc1)nn2C1CCN(C2CN(C3CN(c4ccc(C(=O)O)c(C(=O)O)c4)C3)C2)CC1. The van der Waals surface area contributed by atoms with Gasteiger partial charge in [-0.2, -0.15) is 5.10 Å². The van der Waals surface area contributed by atoms with Crippen molar-refractivity contribution in [2.24, 2.45) is 0 Å². The summed E-state index contributed by atoms with van der Waals surface area (Å²) < 4.78 is 8.02. The molecule has 5 aromatic rings. The smallest absolute Gasteiger partial charge is 0.336 e. The maximum absolute atomic E-state index is 11.6. The van der Waals surface area contributed by atoms with Crippen LogP contribution in [0.25, 0.3) is 22.3 Å². The van der Waals surface area contributed by atoms with Crippen LogP contribution in [0.1, 0.15) is 39.6 Å². The molecule has 3 fully saturated rings. The van der Waals surface area contributed by atoms with E-state index in [2.05, 4.69) is 24.7 Å². The van der Waals surface area contributed by atoms with Crippen LogP contribution < -0.4 is 15.4 Å². The first-order valence-corrected chi connectivity index (χ1v) is 16.5. The van der Waals surface area contributed by atoms with Crippen molar-refractivity contribution < 1.29 is 24.5 Å². The molecule has 0 aliphatic carbocycles. The predicted molar refractivity (Wildman–Crippen MR) is 183 cm³/mol. The Balaban J connectivity index is 0.880. The van der Waals surface area contributed by atoms with Crippen LogP contribution in [-0.4, -0.2) is 103 Å². The summed E-state index contributed by atoms with van der Waals surface area (Å²) in [5.41, 5.74) is 9.21. The summed E-state index contributed by atoms with van der Waals surface area (Å²) >= 11 is 0. The molecule has 3 aliphatic rings. The first-order chi connectivity index (χ1) is 23.8. The normalized spacial score (nSPS) is 17.9. The van der Waals surface area contributed by atoms with Gasteiger partial charge in [-0.15, -0.1) is 0 Å². The van der Waals surface area contributed by atoms with E-state index in [9.17, 15) is 19.8 Å². The minimum Gasteiger partial charge on any atom is -0.478 e. The van der Waals surface area contributed by atoms with Gasteiger partial charge >= 0.3 is 11.9 Å². The fraction of sp³-hybridized carbons (Fsp3) is 0.306. The second-order valence-corrected chi connectivity index (χ2v) is 13.0. The molecule has 49 heavy (non-hydrogen) atoms. The van der Waals surface area contributed by atoms with Crippen molar-refractivity contribution in [3.63, 3.8) is 0 Å². The van der Waals surface area contributed by atoms with Gasteiger partial charge in [-0.05, 0) is 67.4 Å². The molecule has 5 heterocycles. The number of carbonyl (C=O) groups is 2. The molecule has 0 atom stereocenters. The molecule has 3 aliphatic heterocycles. The average Bonchev–Trinajstić information content (AvgIpc) is 3.47. The van der Waals surface area contributed by atoms with Crippen molar-refractivity contribution in [2.75, 3.05) is 49.9 Å². The van der Waals surface area contributed by atoms with Crippen LogP contribution in [0.5, 0.6) is 11.5 Å². The van der Waals surface area contributed by atoms with E-state index in [1.54, 1.807) is 6.07 Å². The minimum atomic E-state index is -1.24. The van der Waals surface area contributed by atoms with Gasteiger partial charge in [-0.3, -0.25) is 9.80 Å². The number of carboxylic acid groups (broad SMARTS) is 2. The molecule has 13 heteroatoms. The molecule has 0 saturated carbocycles. The number of rotatable bonds is 9. The van der Waals surface area contributed by atoms with Crippen LogP contribution >= 0.6 is 0 Å². The molecule has 3 aromatic carbocycles. The van der Waals surface area contributed by atoms with Gasteiger partial charge in [0.25, 0.3) is 0 Å².